The van der Waals surface area contributed by atoms with Crippen LogP contribution in [0.5, 0.6) is 0 Å². The van der Waals surface area contributed by atoms with Crippen LogP contribution in [0.15, 0.2) is 37.2 Å². The van der Waals surface area contributed by atoms with Crippen molar-refractivity contribution in [3.8, 4) is 0 Å². The van der Waals surface area contributed by atoms with Crippen molar-refractivity contribution < 1.29 is 17.3 Å². The molecule has 154 valence electrons. The summed E-state index contributed by atoms with van der Waals surface area (Å²) in [4.78, 5) is 27.9. The van der Waals surface area contributed by atoms with Crippen LogP contribution in [-0.2, 0) is 10.0 Å². The van der Waals surface area contributed by atoms with Crippen molar-refractivity contribution in [2.24, 2.45) is 0 Å². The molecule has 0 radical (unpaired) electrons. The fourth-order valence-electron chi connectivity index (χ4n) is 3.84. The Kier molecular flexibility index (Phi) is 4.66. The molecule has 1 aromatic carbocycles. The maximum Gasteiger partial charge on any atom is 0.329 e. The summed E-state index contributed by atoms with van der Waals surface area (Å²) in [5, 5.41) is 3.78. The van der Waals surface area contributed by atoms with E-state index in [-0.39, 0.29) is 53.2 Å². The zero-order chi connectivity index (χ0) is 20.9. The van der Waals surface area contributed by atoms with E-state index >= 15 is 0 Å². The molecule has 0 unspecified atom stereocenters. The summed E-state index contributed by atoms with van der Waals surface area (Å²) in [6, 6.07) is 3.10. The minimum Gasteiger partial charge on any atom is -0.360 e. The number of piperidine rings is 1. The largest absolute Gasteiger partial charge is 0.360 e. The van der Waals surface area contributed by atoms with Crippen LogP contribution in [0.1, 0.15) is 30.3 Å². The van der Waals surface area contributed by atoms with Crippen LogP contribution in [0.3, 0.4) is 0 Å². The first-order chi connectivity index (χ1) is 13.7. The Morgan fingerprint density at radius 3 is 2.52 bits per heavy atom. The molecular weight excluding hydrogens is 403 g/mol. The molecule has 1 saturated heterocycles. The van der Waals surface area contributed by atoms with E-state index in [0.29, 0.717) is 0 Å². The van der Waals surface area contributed by atoms with Crippen LogP contribution in [-0.4, -0.2) is 40.5 Å². The van der Waals surface area contributed by atoms with Crippen molar-refractivity contribution >= 4 is 20.9 Å². The fourth-order valence-corrected chi connectivity index (χ4v) is 5.61. The van der Waals surface area contributed by atoms with Gasteiger partial charge in [0, 0.05) is 19.1 Å². The number of aromatic nitrogens is 3. The smallest absolute Gasteiger partial charge is 0.329 e. The standard InChI is InChI=1S/C18H19FN4O5S/c1-10-16(11(2)28-21-10)29(26,27)22-7-5-13(6-8-22)23-17(24)14-9-12(19)3-4-15(14)20-18(23)25/h3-4,9,13H,5-8H2,1-2H3,(H,20,25). The van der Waals surface area contributed by atoms with E-state index in [1.165, 1.54) is 23.4 Å². The summed E-state index contributed by atoms with van der Waals surface area (Å²) in [6.07, 6.45) is 0.541. The van der Waals surface area contributed by atoms with E-state index in [1.807, 2.05) is 0 Å². The minimum atomic E-state index is -3.79. The summed E-state index contributed by atoms with van der Waals surface area (Å²) in [6.45, 7) is 3.35. The molecule has 4 rings (SSSR count). The van der Waals surface area contributed by atoms with Gasteiger partial charge in [-0.2, -0.15) is 4.31 Å². The molecule has 0 atom stereocenters. The lowest BCUT2D eigenvalue weighted by atomic mass is 10.1. The lowest BCUT2D eigenvalue weighted by Crippen LogP contribution is -2.45. The topological polar surface area (TPSA) is 118 Å². The molecule has 0 bridgehead atoms. The predicted octanol–water partition coefficient (Wildman–Crippen LogP) is 1.46. The first-order valence-corrected chi connectivity index (χ1v) is 10.5. The number of H-pyrrole nitrogens is 1. The molecule has 29 heavy (non-hydrogen) atoms. The Morgan fingerprint density at radius 2 is 1.90 bits per heavy atom. The van der Waals surface area contributed by atoms with E-state index in [1.54, 1.807) is 6.92 Å². The van der Waals surface area contributed by atoms with Crippen molar-refractivity contribution in [1.29, 1.82) is 0 Å². The van der Waals surface area contributed by atoms with Crippen molar-refractivity contribution in [2.75, 3.05) is 13.1 Å². The molecule has 1 aliphatic heterocycles. The van der Waals surface area contributed by atoms with Crippen LogP contribution in [0, 0.1) is 19.7 Å². The van der Waals surface area contributed by atoms with Crippen LogP contribution < -0.4 is 11.2 Å². The SMILES string of the molecule is Cc1noc(C)c1S(=O)(=O)N1CCC(n2c(=O)[nH]c3ccc(F)cc3c2=O)CC1. The van der Waals surface area contributed by atoms with E-state index < -0.39 is 33.1 Å². The zero-order valence-corrected chi connectivity index (χ0v) is 16.6. The molecule has 1 aliphatic rings. The Balaban J connectivity index is 1.64. The average molecular weight is 422 g/mol. The molecule has 0 spiro atoms. The van der Waals surface area contributed by atoms with Gasteiger partial charge in [0.25, 0.3) is 5.56 Å². The second-order valence-corrected chi connectivity index (χ2v) is 8.96. The van der Waals surface area contributed by atoms with E-state index in [0.717, 1.165) is 10.6 Å². The van der Waals surface area contributed by atoms with Crippen LogP contribution >= 0.6 is 0 Å². The number of fused-ring (bicyclic) bond motifs is 1. The molecule has 1 fully saturated rings. The van der Waals surface area contributed by atoms with Gasteiger partial charge < -0.3 is 9.51 Å². The number of hydrogen-bond acceptors (Lipinski definition) is 6. The van der Waals surface area contributed by atoms with Crippen molar-refractivity contribution in [1.82, 2.24) is 19.0 Å². The third-order valence-corrected chi connectivity index (χ3v) is 7.39. The molecule has 0 amide bonds. The highest BCUT2D eigenvalue weighted by Crippen LogP contribution is 2.28. The van der Waals surface area contributed by atoms with E-state index in [4.69, 9.17) is 4.52 Å². The zero-order valence-electron chi connectivity index (χ0n) is 15.8. The van der Waals surface area contributed by atoms with Gasteiger partial charge in [-0.3, -0.25) is 9.36 Å². The molecule has 2 aromatic heterocycles. The molecule has 1 N–H and O–H groups in total. The number of aryl methyl sites for hydroxylation is 2. The van der Waals surface area contributed by atoms with Crippen LogP contribution in [0.25, 0.3) is 10.9 Å². The van der Waals surface area contributed by atoms with Crippen LogP contribution in [0.2, 0.25) is 0 Å². The highest BCUT2D eigenvalue weighted by molar-refractivity contribution is 7.89. The maximum absolute atomic E-state index is 13.5. The number of rotatable bonds is 3. The van der Waals surface area contributed by atoms with E-state index in [2.05, 4.69) is 10.1 Å². The average Bonchev–Trinajstić information content (AvgIpc) is 3.02. The minimum absolute atomic E-state index is 0.0483. The summed E-state index contributed by atoms with van der Waals surface area (Å²) < 4.78 is 46.7. The number of benzene rings is 1. The highest BCUT2D eigenvalue weighted by atomic mass is 32.2. The Hall–Kier alpha value is -2.79. The van der Waals surface area contributed by atoms with Crippen LogP contribution in [0.4, 0.5) is 4.39 Å². The van der Waals surface area contributed by atoms with Gasteiger partial charge >= 0.3 is 5.69 Å². The highest BCUT2D eigenvalue weighted by Gasteiger charge is 2.34. The van der Waals surface area contributed by atoms with E-state index in [9.17, 15) is 22.4 Å². The molecule has 0 saturated carbocycles. The van der Waals surface area contributed by atoms with Crippen molar-refractivity contribution in [2.45, 2.75) is 37.6 Å². The molecule has 3 aromatic rings. The van der Waals surface area contributed by atoms with Gasteiger partial charge in [-0.25, -0.2) is 17.6 Å². The summed E-state index contributed by atoms with van der Waals surface area (Å²) in [7, 11) is -3.79. The van der Waals surface area contributed by atoms with Gasteiger partial charge in [0.05, 0.1) is 10.9 Å². The quantitative estimate of drug-likeness (QED) is 0.683. The maximum atomic E-state index is 13.5. The fraction of sp³-hybridized carbons (Fsp3) is 0.389. The molecule has 9 nitrogen and oxygen atoms in total. The molecule has 0 aliphatic carbocycles. The van der Waals surface area contributed by atoms with Gasteiger partial charge in [0.15, 0.2) is 5.76 Å². The second kappa shape index (κ2) is 6.92. The van der Waals surface area contributed by atoms with Crippen molar-refractivity contribution in [3.05, 3.63) is 56.3 Å². The number of nitrogens with zero attached hydrogens (tertiary/aromatic N) is 3. The third-order valence-electron chi connectivity index (χ3n) is 5.25. The van der Waals surface area contributed by atoms with Gasteiger partial charge in [0.1, 0.15) is 16.4 Å². The molecule has 11 heteroatoms. The second-order valence-electron chi connectivity index (χ2n) is 7.08. The Morgan fingerprint density at radius 1 is 1.21 bits per heavy atom. The number of nitrogens with one attached hydrogen (secondary N) is 1. The molecule has 3 heterocycles. The lowest BCUT2D eigenvalue weighted by Gasteiger charge is -2.31. The number of aromatic amines is 1. The first-order valence-electron chi connectivity index (χ1n) is 9.07. The summed E-state index contributed by atoms with van der Waals surface area (Å²) in [5.41, 5.74) is -0.638. The monoisotopic (exact) mass is 422 g/mol. The first kappa shape index (κ1) is 19.5. The normalized spacial score (nSPS) is 16.5. The Labute approximate surface area is 164 Å². The summed E-state index contributed by atoms with van der Waals surface area (Å²) in [5.74, 6) is -0.359. The van der Waals surface area contributed by atoms with Crippen molar-refractivity contribution in [3.63, 3.8) is 0 Å². The third kappa shape index (κ3) is 3.19. The van der Waals surface area contributed by atoms with Gasteiger partial charge in [-0.05, 0) is 44.9 Å². The van der Waals surface area contributed by atoms with Gasteiger partial charge in [-0.1, -0.05) is 5.16 Å². The number of halogens is 1. The van der Waals surface area contributed by atoms with Gasteiger partial charge in [0.2, 0.25) is 10.0 Å². The van der Waals surface area contributed by atoms with Gasteiger partial charge in [-0.15, -0.1) is 0 Å². The predicted molar refractivity (Wildman–Crippen MR) is 102 cm³/mol. The molecular formula is C18H19FN4O5S. The lowest BCUT2D eigenvalue weighted by molar-refractivity contribution is 0.265. The number of sulfonamides is 1. The number of hydrogen-bond donors (Lipinski definition) is 1. The summed E-state index contributed by atoms with van der Waals surface area (Å²) >= 11 is 0. The Bertz CT molecular complexity index is 1300.